The van der Waals surface area contributed by atoms with Crippen LogP contribution in [0.5, 0.6) is 5.75 Å². The first-order valence-corrected chi connectivity index (χ1v) is 13.4. The Morgan fingerprint density at radius 3 is 2.18 bits per heavy atom. The fourth-order valence-electron chi connectivity index (χ4n) is 5.39. The molecule has 2 aliphatic rings. The Morgan fingerprint density at radius 1 is 0.974 bits per heavy atom. The summed E-state index contributed by atoms with van der Waals surface area (Å²) in [6, 6.07) is 23.5. The Bertz CT molecular complexity index is 1330. The number of methoxy groups -OCH3 is 1. The molecule has 1 aliphatic heterocycles. The van der Waals surface area contributed by atoms with Crippen LogP contribution in [-0.4, -0.2) is 44.5 Å². The molecule has 1 saturated heterocycles. The van der Waals surface area contributed by atoms with Crippen LogP contribution in [-0.2, 0) is 9.53 Å². The van der Waals surface area contributed by atoms with E-state index in [9.17, 15) is 4.79 Å². The molecule has 196 valence electrons. The first kappa shape index (κ1) is 25.8. The summed E-state index contributed by atoms with van der Waals surface area (Å²) in [5, 5.41) is 9.03. The number of hydrogen-bond acceptors (Lipinski definition) is 4. The van der Waals surface area contributed by atoms with E-state index >= 15 is 0 Å². The van der Waals surface area contributed by atoms with Gasteiger partial charge < -0.3 is 19.5 Å². The molecule has 0 aromatic heterocycles. The second kappa shape index (κ2) is 11.7. The molecule has 0 radical (unpaired) electrons. The summed E-state index contributed by atoms with van der Waals surface area (Å²) in [5.74, 6) is 0.407. The van der Waals surface area contributed by atoms with Crippen LogP contribution in [0.1, 0.15) is 47.1 Å². The molecule has 0 amide bonds. The summed E-state index contributed by atoms with van der Waals surface area (Å²) in [7, 11) is 1.71. The van der Waals surface area contributed by atoms with Crippen LogP contribution in [0.15, 0.2) is 72.8 Å². The standard InChI is InChI=1S/C33H35NO4/c1-23-22-29(37-2)15-16-30(23)33(25-4-3-5-25)32(26-9-6-24(7-10-26)8-17-31(35)36)27-11-13-28(14-12-27)34-18-20-38-21-19-34/h6-17,22,25H,3-5,18-21H2,1-2H3,(H,35,36)/b17-8+,33-32+. The molecule has 1 aliphatic carbocycles. The van der Waals surface area contributed by atoms with Crippen molar-refractivity contribution in [2.24, 2.45) is 5.92 Å². The van der Waals surface area contributed by atoms with Gasteiger partial charge in [0.1, 0.15) is 5.75 Å². The number of morpholine rings is 1. The monoisotopic (exact) mass is 509 g/mol. The van der Waals surface area contributed by atoms with Crippen molar-refractivity contribution >= 4 is 28.9 Å². The van der Waals surface area contributed by atoms with E-state index < -0.39 is 5.97 Å². The van der Waals surface area contributed by atoms with Crippen molar-refractivity contribution < 1.29 is 19.4 Å². The molecule has 0 atom stereocenters. The predicted molar refractivity (Wildman–Crippen MR) is 154 cm³/mol. The number of carbonyl (C=O) groups is 1. The third-order valence-corrected chi connectivity index (χ3v) is 7.66. The smallest absolute Gasteiger partial charge is 0.328 e. The van der Waals surface area contributed by atoms with Gasteiger partial charge in [-0.25, -0.2) is 4.79 Å². The van der Waals surface area contributed by atoms with Gasteiger partial charge in [-0.3, -0.25) is 0 Å². The van der Waals surface area contributed by atoms with Gasteiger partial charge in [-0.1, -0.05) is 48.9 Å². The third-order valence-electron chi connectivity index (χ3n) is 7.66. The highest BCUT2D eigenvalue weighted by atomic mass is 16.5. The summed E-state index contributed by atoms with van der Waals surface area (Å²) in [5.41, 5.74) is 9.49. The molecule has 1 N–H and O–H groups in total. The van der Waals surface area contributed by atoms with E-state index in [1.165, 1.54) is 58.9 Å². The molecular weight excluding hydrogens is 474 g/mol. The van der Waals surface area contributed by atoms with Gasteiger partial charge in [-0.05, 0) is 95.0 Å². The highest BCUT2D eigenvalue weighted by Gasteiger charge is 2.28. The number of rotatable bonds is 8. The van der Waals surface area contributed by atoms with E-state index in [1.54, 1.807) is 13.2 Å². The van der Waals surface area contributed by atoms with Crippen molar-refractivity contribution in [1.29, 1.82) is 0 Å². The van der Waals surface area contributed by atoms with Crippen molar-refractivity contribution in [1.82, 2.24) is 0 Å². The molecule has 1 heterocycles. The van der Waals surface area contributed by atoms with Crippen LogP contribution in [0, 0.1) is 12.8 Å². The van der Waals surface area contributed by atoms with Gasteiger partial charge in [-0.2, -0.15) is 0 Å². The number of anilines is 1. The lowest BCUT2D eigenvalue weighted by atomic mass is 9.72. The zero-order valence-electron chi connectivity index (χ0n) is 22.2. The summed E-state index contributed by atoms with van der Waals surface area (Å²) in [4.78, 5) is 13.4. The molecule has 5 heteroatoms. The summed E-state index contributed by atoms with van der Waals surface area (Å²) in [6.07, 6.45) is 6.40. The Hall–Kier alpha value is -3.83. The second-order valence-electron chi connectivity index (χ2n) is 10.0. The highest BCUT2D eigenvalue weighted by molar-refractivity contribution is 6.00. The minimum Gasteiger partial charge on any atom is -0.497 e. The SMILES string of the molecule is COc1ccc(/C(=C(\c2ccc(/C=C/C(=O)O)cc2)c2ccc(N3CCOCC3)cc2)C2CCC2)c(C)c1. The first-order valence-electron chi connectivity index (χ1n) is 13.4. The molecule has 1 saturated carbocycles. The minimum atomic E-state index is -0.947. The van der Waals surface area contributed by atoms with E-state index in [-0.39, 0.29) is 0 Å². The normalized spacial score (nSPS) is 16.7. The van der Waals surface area contributed by atoms with Gasteiger partial charge in [0.05, 0.1) is 20.3 Å². The van der Waals surface area contributed by atoms with Crippen molar-refractivity contribution in [3.05, 3.63) is 101 Å². The molecule has 0 spiro atoms. The lowest BCUT2D eigenvalue weighted by Crippen LogP contribution is -2.36. The Kier molecular flexibility index (Phi) is 7.94. The zero-order valence-corrected chi connectivity index (χ0v) is 22.2. The van der Waals surface area contributed by atoms with Gasteiger partial charge in [-0.15, -0.1) is 0 Å². The van der Waals surface area contributed by atoms with Gasteiger partial charge >= 0.3 is 5.97 Å². The van der Waals surface area contributed by atoms with Gasteiger partial charge in [0.25, 0.3) is 0 Å². The van der Waals surface area contributed by atoms with Crippen LogP contribution in [0.2, 0.25) is 0 Å². The average molecular weight is 510 g/mol. The fraction of sp³-hybridized carbons (Fsp3) is 0.303. The molecule has 3 aromatic carbocycles. The van der Waals surface area contributed by atoms with Crippen LogP contribution in [0.25, 0.3) is 17.2 Å². The molecule has 5 nitrogen and oxygen atoms in total. The lowest BCUT2D eigenvalue weighted by molar-refractivity contribution is -0.131. The fourth-order valence-corrected chi connectivity index (χ4v) is 5.39. The number of allylic oxidation sites excluding steroid dienone is 1. The average Bonchev–Trinajstić information content (AvgIpc) is 2.92. The number of nitrogens with zero attached hydrogens (tertiary/aromatic N) is 1. The van der Waals surface area contributed by atoms with Crippen LogP contribution in [0.4, 0.5) is 5.69 Å². The molecule has 3 aromatic rings. The Balaban J connectivity index is 1.64. The molecule has 5 rings (SSSR count). The maximum Gasteiger partial charge on any atom is 0.328 e. The van der Waals surface area contributed by atoms with Crippen molar-refractivity contribution in [3.8, 4) is 5.75 Å². The number of carboxylic acids is 1. The van der Waals surface area contributed by atoms with E-state index in [2.05, 4.69) is 66.4 Å². The van der Waals surface area contributed by atoms with Crippen LogP contribution >= 0.6 is 0 Å². The van der Waals surface area contributed by atoms with E-state index in [0.29, 0.717) is 5.92 Å². The maximum atomic E-state index is 11.0. The van der Waals surface area contributed by atoms with Crippen molar-refractivity contribution in [2.45, 2.75) is 26.2 Å². The first-order chi connectivity index (χ1) is 18.5. The quantitative estimate of drug-likeness (QED) is 0.271. The number of hydrogen-bond donors (Lipinski definition) is 1. The van der Waals surface area contributed by atoms with Gasteiger partial charge in [0, 0.05) is 24.9 Å². The molecular formula is C33H35NO4. The third kappa shape index (κ3) is 5.68. The molecule has 2 fully saturated rings. The lowest BCUT2D eigenvalue weighted by Gasteiger charge is -2.33. The van der Waals surface area contributed by atoms with Crippen molar-refractivity contribution in [3.63, 3.8) is 0 Å². The zero-order chi connectivity index (χ0) is 26.5. The van der Waals surface area contributed by atoms with Crippen molar-refractivity contribution in [2.75, 3.05) is 38.3 Å². The summed E-state index contributed by atoms with van der Waals surface area (Å²) >= 11 is 0. The Morgan fingerprint density at radius 2 is 1.63 bits per heavy atom. The highest BCUT2D eigenvalue weighted by Crippen LogP contribution is 2.46. The maximum absolute atomic E-state index is 11.0. The van der Waals surface area contributed by atoms with E-state index in [1.807, 2.05) is 12.1 Å². The molecule has 38 heavy (non-hydrogen) atoms. The largest absolute Gasteiger partial charge is 0.497 e. The second-order valence-corrected chi connectivity index (χ2v) is 10.0. The van der Waals surface area contributed by atoms with E-state index in [0.717, 1.165) is 43.2 Å². The summed E-state index contributed by atoms with van der Waals surface area (Å²) < 4.78 is 11.0. The van der Waals surface area contributed by atoms with Gasteiger partial charge in [0.2, 0.25) is 0 Å². The molecule has 0 unspecified atom stereocenters. The van der Waals surface area contributed by atoms with Crippen LogP contribution in [0.3, 0.4) is 0 Å². The predicted octanol–water partition coefficient (Wildman–Crippen LogP) is 6.70. The van der Waals surface area contributed by atoms with Crippen LogP contribution < -0.4 is 9.64 Å². The number of ether oxygens (including phenoxy) is 2. The molecule has 0 bridgehead atoms. The van der Waals surface area contributed by atoms with E-state index in [4.69, 9.17) is 14.6 Å². The number of carboxylic acid groups (broad SMARTS) is 1. The number of benzene rings is 3. The number of aliphatic carboxylic acids is 1. The summed E-state index contributed by atoms with van der Waals surface area (Å²) in [6.45, 7) is 5.50. The topological polar surface area (TPSA) is 59.0 Å². The Labute approximate surface area is 225 Å². The number of aryl methyl sites for hydroxylation is 1. The van der Waals surface area contributed by atoms with Gasteiger partial charge in [0.15, 0.2) is 0 Å². The minimum absolute atomic E-state index is 0.489.